The van der Waals surface area contributed by atoms with Crippen molar-refractivity contribution < 1.29 is 4.79 Å². The highest BCUT2D eigenvalue weighted by Crippen LogP contribution is 2.19. The molecule has 4 nitrogen and oxygen atoms in total. The van der Waals surface area contributed by atoms with Gasteiger partial charge in [0.05, 0.1) is 0 Å². The van der Waals surface area contributed by atoms with Crippen molar-refractivity contribution in [2.24, 2.45) is 5.92 Å². The minimum absolute atomic E-state index is 0.0340. The molecule has 2 rings (SSSR count). The van der Waals surface area contributed by atoms with Crippen molar-refractivity contribution >= 4 is 17.3 Å². The van der Waals surface area contributed by atoms with E-state index in [9.17, 15) is 4.79 Å². The van der Waals surface area contributed by atoms with Crippen molar-refractivity contribution in [3.05, 3.63) is 24.3 Å². The molecule has 0 bridgehead atoms. The maximum absolute atomic E-state index is 11.0. The van der Waals surface area contributed by atoms with Crippen molar-refractivity contribution in [1.82, 2.24) is 4.90 Å². The first-order chi connectivity index (χ1) is 10.0. The SMILES string of the molecule is CC(=O)Nc1ccc(NC2CCN(CC(C)C)CC2)cc1. The van der Waals surface area contributed by atoms with Gasteiger partial charge in [0.1, 0.15) is 0 Å². The van der Waals surface area contributed by atoms with Crippen LogP contribution in [0.5, 0.6) is 0 Å². The molecule has 1 amide bonds. The van der Waals surface area contributed by atoms with E-state index < -0.39 is 0 Å². The summed E-state index contributed by atoms with van der Waals surface area (Å²) in [4.78, 5) is 13.5. The fraction of sp³-hybridized carbons (Fsp3) is 0.588. The van der Waals surface area contributed by atoms with E-state index in [0.29, 0.717) is 6.04 Å². The average Bonchev–Trinajstić information content (AvgIpc) is 2.42. The van der Waals surface area contributed by atoms with Gasteiger partial charge >= 0.3 is 0 Å². The zero-order valence-electron chi connectivity index (χ0n) is 13.4. The lowest BCUT2D eigenvalue weighted by atomic mass is 10.0. The summed E-state index contributed by atoms with van der Waals surface area (Å²) >= 11 is 0. The number of anilines is 2. The summed E-state index contributed by atoms with van der Waals surface area (Å²) in [6.45, 7) is 9.65. The van der Waals surface area contributed by atoms with Crippen LogP contribution in [0.2, 0.25) is 0 Å². The Kier molecular flexibility index (Phi) is 5.62. The van der Waals surface area contributed by atoms with Crippen LogP contribution < -0.4 is 10.6 Å². The molecule has 1 aliphatic heterocycles. The van der Waals surface area contributed by atoms with Gasteiger partial charge in [0.25, 0.3) is 0 Å². The summed E-state index contributed by atoms with van der Waals surface area (Å²) < 4.78 is 0. The molecule has 1 aromatic carbocycles. The standard InChI is InChI=1S/C17H27N3O/c1-13(2)12-20-10-8-17(9-11-20)19-16-6-4-15(5-7-16)18-14(3)21/h4-7,13,17,19H,8-12H2,1-3H3,(H,18,21). The molecular formula is C17H27N3O. The first-order valence-corrected chi connectivity index (χ1v) is 7.89. The quantitative estimate of drug-likeness (QED) is 0.875. The van der Waals surface area contributed by atoms with E-state index in [2.05, 4.69) is 29.4 Å². The number of nitrogens with one attached hydrogen (secondary N) is 2. The molecular weight excluding hydrogens is 262 g/mol. The summed E-state index contributed by atoms with van der Waals surface area (Å²) in [5.74, 6) is 0.712. The third kappa shape index (κ3) is 5.38. The highest BCUT2D eigenvalue weighted by atomic mass is 16.1. The topological polar surface area (TPSA) is 44.4 Å². The van der Waals surface area contributed by atoms with Crippen LogP contribution in [-0.2, 0) is 4.79 Å². The Bertz CT molecular complexity index is 448. The number of carbonyl (C=O) groups is 1. The van der Waals surface area contributed by atoms with Crippen molar-refractivity contribution in [3.63, 3.8) is 0 Å². The molecule has 0 atom stereocenters. The highest BCUT2D eigenvalue weighted by molar-refractivity contribution is 5.88. The summed E-state index contributed by atoms with van der Waals surface area (Å²) in [6.07, 6.45) is 2.39. The Labute approximate surface area is 127 Å². The van der Waals surface area contributed by atoms with Crippen LogP contribution in [0.3, 0.4) is 0 Å². The van der Waals surface area contributed by atoms with E-state index in [1.54, 1.807) is 0 Å². The van der Waals surface area contributed by atoms with E-state index in [-0.39, 0.29) is 5.91 Å². The van der Waals surface area contributed by atoms with Crippen LogP contribution in [0.15, 0.2) is 24.3 Å². The predicted molar refractivity (Wildman–Crippen MR) is 88.7 cm³/mol. The molecule has 116 valence electrons. The van der Waals surface area contributed by atoms with E-state index in [1.165, 1.54) is 39.4 Å². The second-order valence-electron chi connectivity index (χ2n) is 6.37. The Morgan fingerprint density at radius 1 is 1.19 bits per heavy atom. The van der Waals surface area contributed by atoms with Gasteiger partial charge in [0, 0.05) is 44.0 Å². The Morgan fingerprint density at radius 2 is 1.76 bits per heavy atom. The molecule has 0 unspecified atom stereocenters. The molecule has 0 saturated carbocycles. The molecule has 4 heteroatoms. The van der Waals surface area contributed by atoms with Crippen molar-refractivity contribution in [1.29, 1.82) is 0 Å². The van der Waals surface area contributed by atoms with Crippen molar-refractivity contribution in [3.8, 4) is 0 Å². The fourth-order valence-electron chi connectivity index (χ4n) is 2.87. The first-order valence-electron chi connectivity index (χ1n) is 7.89. The molecule has 1 aromatic rings. The zero-order valence-corrected chi connectivity index (χ0v) is 13.4. The second kappa shape index (κ2) is 7.46. The molecule has 1 aliphatic rings. The third-order valence-electron chi connectivity index (χ3n) is 3.79. The third-order valence-corrected chi connectivity index (χ3v) is 3.79. The first kappa shape index (κ1) is 15.8. The number of hydrogen-bond acceptors (Lipinski definition) is 3. The van der Waals surface area contributed by atoms with Gasteiger partial charge in [0.2, 0.25) is 5.91 Å². The molecule has 21 heavy (non-hydrogen) atoms. The smallest absolute Gasteiger partial charge is 0.221 e. The molecule has 1 saturated heterocycles. The highest BCUT2D eigenvalue weighted by Gasteiger charge is 2.19. The molecule has 0 aliphatic carbocycles. The number of amides is 1. The number of nitrogens with zero attached hydrogens (tertiary/aromatic N) is 1. The molecule has 0 spiro atoms. The van der Waals surface area contributed by atoms with Gasteiger partial charge in [-0.3, -0.25) is 4.79 Å². The van der Waals surface area contributed by atoms with Crippen LogP contribution in [0, 0.1) is 5.92 Å². The van der Waals surface area contributed by atoms with Gasteiger partial charge in [-0.05, 0) is 43.0 Å². The van der Waals surface area contributed by atoms with Gasteiger partial charge < -0.3 is 15.5 Å². The average molecular weight is 289 g/mol. The van der Waals surface area contributed by atoms with E-state index in [1.807, 2.05) is 24.3 Å². The lowest BCUT2D eigenvalue weighted by molar-refractivity contribution is -0.114. The molecule has 1 heterocycles. The van der Waals surface area contributed by atoms with Gasteiger partial charge in [-0.25, -0.2) is 0 Å². The summed E-state index contributed by atoms with van der Waals surface area (Å²) in [7, 11) is 0. The van der Waals surface area contributed by atoms with Gasteiger partial charge in [0.15, 0.2) is 0 Å². The lowest BCUT2D eigenvalue weighted by Crippen LogP contribution is -2.40. The number of benzene rings is 1. The monoisotopic (exact) mass is 289 g/mol. The summed E-state index contributed by atoms with van der Waals surface area (Å²) in [6, 6.07) is 8.51. The number of likely N-dealkylation sites (tertiary alicyclic amines) is 1. The van der Waals surface area contributed by atoms with Crippen LogP contribution in [0.1, 0.15) is 33.6 Å². The maximum atomic E-state index is 11.0. The van der Waals surface area contributed by atoms with Crippen LogP contribution in [0.25, 0.3) is 0 Å². The Morgan fingerprint density at radius 3 is 2.29 bits per heavy atom. The molecule has 0 aromatic heterocycles. The van der Waals surface area contributed by atoms with Crippen LogP contribution in [-0.4, -0.2) is 36.5 Å². The predicted octanol–water partition coefficient (Wildman–Crippen LogP) is 3.18. The number of piperidine rings is 1. The Balaban J connectivity index is 1.79. The van der Waals surface area contributed by atoms with Crippen molar-refractivity contribution in [2.45, 2.75) is 39.7 Å². The minimum atomic E-state index is -0.0340. The number of carbonyl (C=O) groups excluding carboxylic acids is 1. The normalized spacial score (nSPS) is 17.0. The summed E-state index contributed by atoms with van der Waals surface area (Å²) in [5.41, 5.74) is 1.98. The van der Waals surface area contributed by atoms with E-state index in [4.69, 9.17) is 0 Å². The maximum Gasteiger partial charge on any atom is 0.221 e. The van der Waals surface area contributed by atoms with Crippen LogP contribution >= 0.6 is 0 Å². The number of hydrogen-bond donors (Lipinski definition) is 2. The fourth-order valence-corrected chi connectivity index (χ4v) is 2.87. The lowest BCUT2D eigenvalue weighted by Gasteiger charge is -2.33. The van der Waals surface area contributed by atoms with Crippen molar-refractivity contribution in [2.75, 3.05) is 30.3 Å². The molecule has 2 N–H and O–H groups in total. The Hall–Kier alpha value is -1.55. The molecule has 0 radical (unpaired) electrons. The van der Waals surface area contributed by atoms with E-state index in [0.717, 1.165) is 17.3 Å². The molecule has 1 fully saturated rings. The van der Waals surface area contributed by atoms with Gasteiger partial charge in [-0.1, -0.05) is 13.8 Å². The number of rotatable bonds is 5. The summed E-state index contributed by atoms with van der Waals surface area (Å²) in [5, 5.41) is 6.38. The van der Waals surface area contributed by atoms with Gasteiger partial charge in [-0.15, -0.1) is 0 Å². The second-order valence-corrected chi connectivity index (χ2v) is 6.37. The van der Waals surface area contributed by atoms with Gasteiger partial charge in [-0.2, -0.15) is 0 Å². The van der Waals surface area contributed by atoms with E-state index >= 15 is 0 Å². The van der Waals surface area contributed by atoms with Crippen LogP contribution in [0.4, 0.5) is 11.4 Å². The largest absolute Gasteiger partial charge is 0.382 e. The minimum Gasteiger partial charge on any atom is -0.382 e. The zero-order chi connectivity index (χ0) is 15.2.